The highest BCUT2D eigenvalue weighted by molar-refractivity contribution is 5.95. The zero-order valence-electron chi connectivity index (χ0n) is 11.2. The van der Waals surface area contributed by atoms with E-state index < -0.39 is 34.5 Å². The number of rotatable bonds is 1. The summed E-state index contributed by atoms with van der Waals surface area (Å²) in [5.74, 6) is -4.37. The Morgan fingerprint density at radius 2 is 1.44 bits per heavy atom. The van der Waals surface area contributed by atoms with Crippen LogP contribution in [0, 0.1) is 17.5 Å². The van der Waals surface area contributed by atoms with Crippen molar-refractivity contribution in [3.05, 3.63) is 35.1 Å². The van der Waals surface area contributed by atoms with E-state index in [-0.39, 0.29) is 0 Å². The fourth-order valence-electron chi connectivity index (χ4n) is 1.16. The third kappa shape index (κ3) is 4.77. The van der Waals surface area contributed by atoms with Crippen LogP contribution in [0.5, 0.6) is 0 Å². The molecular formula is C13H18F3NO. The van der Waals surface area contributed by atoms with Crippen molar-refractivity contribution in [3.8, 4) is 0 Å². The number of hydrogen-bond acceptors (Lipinski definition) is 1. The van der Waals surface area contributed by atoms with E-state index in [1.807, 2.05) is 13.8 Å². The van der Waals surface area contributed by atoms with Crippen molar-refractivity contribution in [2.45, 2.75) is 40.2 Å². The Kier molecular flexibility index (Phi) is 5.88. The molecule has 0 spiro atoms. The minimum Gasteiger partial charge on any atom is -0.347 e. The number of carbonyl (C=O) groups excluding carboxylic acids is 1. The Hall–Kier alpha value is -1.52. The summed E-state index contributed by atoms with van der Waals surface area (Å²) in [4.78, 5) is 11.5. The topological polar surface area (TPSA) is 29.1 Å². The molecule has 0 radical (unpaired) electrons. The summed E-state index contributed by atoms with van der Waals surface area (Å²) < 4.78 is 39.0. The van der Waals surface area contributed by atoms with Crippen molar-refractivity contribution in [2.75, 3.05) is 0 Å². The molecule has 2 nitrogen and oxygen atoms in total. The van der Waals surface area contributed by atoms with Gasteiger partial charge < -0.3 is 5.32 Å². The molecule has 0 aliphatic rings. The molecule has 1 rings (SSSR count). The highest BCUT2D eigenvalue weighted by atomic mass is 19.1. The lowest BCUT2D eigenvalue weighted by atomic mass is 10.1. The quantitative estimate of drug-likeness (QED) is 0.821. The highest BCUT2D eigenvalue weighted by Crippen LogP contribution is 2.15. The number of amides is 1. The van der Waals surface area contributed by atoms with E-state index in [0.717, 1.165) is 0 Å². The molecule has 1 aromatic rings. The predicted molar refractivity (Wildman–Crippen MR) is 64.9 cm³/mol. The summed E-state index contributed by atoms with van der Waals surface area (Å²) in [6.45, 7) is 9.01. The molecule has 0 unspecified atom stereocenters. The van der Waals surface area contributed by atoms with Crippen LogP contribution < -0.4 is 5.32 Å². The molecular weight excluding hydrogens is 243 g/mol. The molecule has 0 atom stereocenters. The second kappa shape index (κ2) is 6.42. The maximum atomic E-state index is 13.2. The summed E-state index contributed by atoms with van der Waals surface area (Å²) in [7, 11) is 0. The SMILES string of the molecule is CC.CC(C)(C)NC(=O)c1c(F)cc(F)cc1F. The van der Waals surface area contributed by atoms with Gasteiger partial charge in [0.1, 0.15) is 23.0 Å². The molecule has 0 saturated heterocycles. The number of nitrogens with one attached hydrogen (secondary N) is 1. The first-order valence-corrected chi connectivity index (χ1v) is 5.68. The van der Waals surface area contributed by atoms with Gasteiger partial charge in [0.15, 0.2) is 0 Å². The standard InChI is InChI=1S/C11H12F3NO.C2H6/c1-11(2,3)15-10(16)9-7(13)4-6(12)5-8(9)14;1-2/h4-5H,1-3H3,(H,15,16);1-2H3. The van der Waals surface area contributed by atoms with Crippen LogP contribution in [0.15, 0.2) is 12.1 Å². The van der Waals surface area contributed by atoms with Crippen molar-refractivity contribution in [3.63, 3.8) is 0 Å². The van der Waals surface area contributed by atoms with Gasteiger partial charge in [0.2, 0.25) is 0 Å². The second-order valence-corrected chi connectivity index (χ2v) is 4.45. The largest absolute Gasteiger partial charge is 0.347 e. The molecule has 0 aliphatic heterocycles. The van der Waals surface area contributed by atoms with Gasteiger partial charge in [0, 0.05) is 17.7 Å². The minimum atomic E-state index is -1.21. The summed E-state index contributed by atoms with van der Waals surface area (Å²) in [6.07, 6.45) is 0. The lowest BCUT2D eigenvalue weighted by Crippen LogP contribution is -2.41. The van der Waals surface area contributed by atoms with Crippen LogP contribution in [0.2, 0.25) is 0 Å². The Labute approximate surface area is 105 Å². The summed E-state index contributed by atoms with van der Waals surface area (Å²) in [6, 6.07) is 0.946. The second-order valence-electron chi connectivity index (χ2n) is 4.45. The molecule has 102 valence electrons. The molecule has 0 bridgehead atoms. The van der Waals surface area contributed by atoms with Crippen LogP contribution in [-0.4, -0.2) is 11.4 Å². The van der Waals surface area contributed by atoms with E-state index in [9.17, 15) is 18.0 Å². The summed E-state index contributed by atoms with van der Waals surface area (Å²) in [5, 5.41) is 2.40. The summed E-state index contributed by atoms with van der Waals surface area (Å²) in [5.41, 5.74) is -1.39. The van der Waals surface area contributed by atoms with Crippen molar-refractivity contribution >= 4 is 5.91 Å². The monoisotopic (exact) mass is 261 g/mol. The van der Waals surface area contributed by atoms with E-state index in [1.54, 1.807) is 20.8 Å². The van der Waals surface area contributed by atoms with Gasteiger partial charge in [-0.25, -0.2) is 13.2 Å². The van der Waals surface area contributed by atoms with Gasteiger partial charge in [-0.15, -0.1) is 0 Å². The van der Waals surface area contributed by atoms with Gasteiger partial charge in [0.25, 0.3) is 5.91 Å². The van der Waals surface area contributed by atoms with Crippen LogP contribution in [0.25, 0.3) is 0 Å². The zero-order chi connectivity index (χ0) is 14.5. The number of carbonyl (C=O) groups is 1. The third-order valence-electron chi connectivity index (χ3n) is 1.72. The van der Waals surface area contributed by atoms with Crippen LogP contribution in [0.4, 0.5) is 13.2 Å². The molecule has 0 aromatic heterocycles. The third-order valence-corrected chi connectivity index (χ3v) is 1.72. The smallest absolute Gasteiger partial charge is 0.257 e. The fourth-order valence-corrected chi connectivity index (χ4v) is 1.16. The molecule has 0 fully saturated rings. The van der Waals surface area contributed by atoms with Crippen LogP contribution in [0.3, 0.4) is 0 Å². The lowest BCUT2D eigenvalue weighted by Gasteiger charge is -2.20. The number of hydrogen-bond donors (Lipinski definition) is 1. The van der Waals surface area contributed by atoms with Gasteiger partial charge in [-0.3, -0.25) is 4.79 Å². The lowest BCUT2D eigenvalue weighted by molar-refractivity contribution is 0.0911. The zero-order valence-corrected chi connectivity index (χ0v) is 11.2. The number of halogens is 3. The van der Waals surface area contributed by atoms with Crippen molar-refractivity contribution < 1.29 is 18.0 Å². The first-order chi connectivity index (χ1) is 8.20. The van der Waals surface area contributed by atoms with Crippen LogP contribution >= 0.6 is 0 Å². The Balaban J connectivity index is 0.00000137. The van der Waals surface area contributed by atoms with E-state index in [1.165, 1.54) is 0 Å². The Morgan fingerprint density at radius 1 is 1.06 bits per heavy atom. The predicted octanol–water partition coefficient (Wildman–Crippen LogP) is 3.66. The van der Waals surface area contributed by atoms with Gasteiger partial charge in [0.05, 0.1) is 0 Å². The van der Waals surface area contributed by atoms with E-state index >= 15 is 0 Å². The fraction of sp³-hybridized carbons (Fsp3) is 0.462. The molecule has 1 amide bonds. The first kappa shape index (κ1) is 16.5. The molecule has 1 N–H and O–H groups in total. The molecule has 0 aliphatic carbocycles. The van der Waals surface area contributed by atoms with Crippen molar-refractivity contribution in [2.24, 2.45) is 0 Å². The van der Waals surface area contributed by atoms with E-state index in [4.69, 9.17) is 0 Å². The molecule has 18 heavy (non-hydrogen) atoms. The minimum absolute atomic E-state index is 0.473. The van der Waals surface area contributed by atoms with Crippen LogP contribution in [-0.2, 0) is 0 Å². The van der Waals surface area contributed by atoms with Gasteiger partial charge in [-0.1, -0.05) is 13.8 Å². The highest BCUT2D eigenvalue weighted by Gasteiger charge is 2.22. The number of benzene rings is 1. The molecule has 5 heteroatoms. The Bertz CT molecular complexity index is 402. The summed E-state index contributed by atoms with van der Waals surface area (Å²) >= 11 is 0. The van der Waals surface area contributed by atoms with Gasteiger partial charge in [-0.05, 0) is 20.8 Å². The normalized spacial score (nSPS) is 10.4. The van der Waals surface area contributed by atoms with E-state index in [0.29, 0.717) is 12.1 Å². The van der Waals surface area contributed by atoms with Crippen LogP contribution in [0.1, 0.15) is 45.0 Å². The molecule has 0 saturated carbocycles. The average molecular weight is 261 g/mol. The Morgan fingerprint density at radius 3 is 1.78 bits per heavy atom. The average Bonchev–Trinajstić information content (AvgIpc) is 2.15. The maximum Gasteiger partial charge on any atom is 0.257 e. The first-order valence-electron chi connectivity index (χ1n) is 5.68. The van der Waals surface area contributed by atoms with Crippen molar-refractivity contribution in [1.82, 2.24) is 5.32 Å². The van der Waals surface area contributed by atoms with Crippen molar-refractivity contribution in [1.29, 1.82) is 0 Å². The van der Waals surface area contributed by atoms with Gasteiger partial charge in [-0.2, -0.15) is 0 Å². The molecule has 0 heterocycles. The maximum absolute atomic E-state index is 13.2. The van der Waals surface area contributed by atoms with Gasteiger partial charge >= 0.3 is 0 Å². The molecule has 1 aromatic carbocycles. The van der Waals surface area contributed by atoms with E-state index in [2.05, 4.69) is 5.32 Å².